The molecule has 1 heterocycles. The highest BCUT2D eigenvalue weighted by Gasteiger charge is 2.28. The molecule has 0 spiro atoms. The largest absolute Gasteiger partial charge is 0.351 e. The van der Waals surface area contributed by atoms with E-state index in [1.807, 2.05) is 79.4 Å². The van der Waals surface area contributed by atoms with E-state index >= 15 is 0 Å². The van der Waals surface area contributed by atoms with Crippen LogP contribution >= 0.6 is 0 Å². The summed E-state index contributed by atoms with van der Waals surface area (Å²) in [7, 11) is 0. The summed E-state index contributed by atoms with van der Waals surface area (Å²) in [5, 5.41) is 5.97. The first kappa shape index (κ1) is 22.5. The van der Waals surface area contributed by atoms with E-state index in [1.165, 1.54) is 0 Å². The van der Waals surface area contributed by atoms with Gasteiger partial charge in [0.25, 0.3) is 5.91 Å². The van der Waals surface area contributed by atoms with E-state index in [9.17, 15) is 14.4 Å². The maximum Gasteiger partial charge on any atom is 0.253 e. The lowest BCUT2D eigenvalue weighted by Gasteiger charge is -2.33. The van der Waals surface area contributed by atoms with Gasteiger partial charge in [0.1, 0.15) is 6.04 Å². The fourth-order valence-corrected chi connectivity index (χ4v) is 3.81. The van der Waals surface area contributed by atoms with Crippen LogP contribution in [0.4, 0.5) is 0 Å². The third-order valence-corrected chi connectivity index (χ3v) is 5.44. The molecule has 164 valence electrons. The number of carbonyl (C=O) groups excluding carboxylic acids is 3. The van der Waals surface area contributed by atoms with Crippen molar-refractivity contribution in [1.82, 2.24) is 15.5 Å². The summed E-state index contributed by atoms with van der Waals surface area (Å²) in [6, 6.07) is 17.8. The van der Waals surface area contributed by atoms with Gasteiger partial charge in [-0.25, -0.2) is 0 Å². The van der Waals surface area contributed by atoms with E-state index in [1.54, 1.807) is 0 Å². The van der Waals surface area contributed by atoms with Gasteiger partial charge in [0.2, 0.25) is 11.8 Å². The van der Waals surface area contributed by atoms with E-state index in [4.69, 9.17) is 0 Å². The lowest BCUT2D eigenvalue weighted by atomic mass is 10.0. The average Bonchev–Trinajstić information content (AvgIpc) is 2.78. The van der Waals surface area contributed by atoms with Crippen LogP contribution in [0.5, 0.6) is 0 Å². The highest BCUT2D eigenvalue weighted by molar-refractivity contribution is 5.94. The second kappa shape index (κ2) is 10.8. The van der Waals surface area contributed by atoms with Crippen molar-refractivity contribution in [2.75, 3.05) is 13.1 Å². The first-order valence-electron chi connectivity index (χ1n) is 10.9. The molecule has 0 radical (unpaired) electrons. The van der Waals surface area contributed by atoms with Gasteiger partial charge in [0.15, 0.2) is 0 Å². The first-order valence-corrected chi connectivity index (χ1v) is 10.9. The summed E-state index contributed by atoms with van der Waals surface area (Å²) in [5.74, 6) is -0.113. The van der Waals surface area contributed by atoms with Crippen LogP contribution in [0.25, 0.3) is 0 Å². The van der Waals surface area contributed by atoms with Crippen molar-refractivity contribution < 1.29 is 14.4 Å². The van der Waals surface area contributed by atoms with Crippen molar-refractivity contribution >= 4 is 17.7 Å². The molecule has 0 bridgehead atoms. The Labute approximate surface area is 184 Å². The lowest BCUT2D eigenvalue weighted by molar-refractivity contribution is -0.130. The van der Waals surface area contributed by atoms with Crippen molar-refractivity contribution in [1.29, 1.82) is 0 Å². The highest BCUT2D eigenvalue weighted by Crippen LogP contribution is 2.18. The van der Waals surface area contributed by atoms with Crippen molar-refractivity contribution in [2.45, 2.75) is 45.2 Å². The quantitative estimate of drug-likeness (QED) is 0.720. The zero-order valence-corrected chi connectivity index (χ0v) is 18.2. The molecule has 1 saturated heterocycles. The second-order valence-corrected chi connectivity index (χ2v) is 8.45. The summed E-state index contributed by atoms with van der Waals surface area (Å²) in [5.41, 5.74) is 1.44. The van der Waals surface area contributed by atoms with Gasteiger partial charge in [0, 0.05) is 31.1 Å². The van der Waals surface area contributed by atoms with Gasteiger partial charge in [-0.1, -0.05) is 62.4 Å². The van der Waals surface area contributed by atoms with E-state index in [-0.39, 0.29) is 29.7 Å². The molecule has 0 saturated carbocycles. The standard InChI is InChI=1S/C25H31N3O3/c1-18(2)17-22(29)27-23(19-9-5-3-6-10-19)24(30)26-21-13-15-28(16-14-21)25(31)20-11-7-4-8-12-20/h3-12,18,21,23H,13-17H2,1-2H3,(H,26,30)(H,27,29). The summed E-state index contributed by atoms with van der Waals surface area (Å²) in [6.45, 7) is 5.13. The zero-order valence-electron chi connectivity index (χ0n) is 18.2. The molecule has 31 heavy (non-hydrogen) atoms. The number of hydrogen-bond acceptors (Lipinski definition) is 3. The molecule has 2 aromatic carbocycles. The monoisotopic (exact) mass is 421 g/mol. The minimum absolute atomic E-state index is 0.0217. The summed E-state index contributed by atoms with van der Waals surface area (Å²) >= 11 is 0. The van der Waals surface area contributed by atoms with Crippen LogP contribution in [-0.2, 0) is 9.59 Å². The molecule has 6 heteroatoms. The molecule has 1 unspecified atom stereocenters. The Balaban J connectivity index is 1.59. The number of carbonyl (C=O) groups is 3. The average molecular weight is 422 g/mol. The molecule has 2 aromatic rings. The van der Waals surface area contributed by atoms with Crippen molar-refractivity contribution in [2.24, 2.45) is 5.92 Å². The van der Waals surface area contributed by atoms with Crippen LogP contribution in [0.3, 0.4) is 0 Å². The van der Waals surface area contributed by atoms with Crippen molar-refractivity contribution in [3.8, 4) is 0 Å². The molecule has 6 nitrogen and oxygen atoms in total. The molecule has 3 rings (SSSR count). The van der Waals surface area contributed by atoms with Crippen molar-refractivity contribution in [3.05, 3.63) is 71.8 Å². The third-order valence-electron chi connectivity index (χ3n) is 5.44. The Morgan fingerprint density at radius 2 is 1.52 bits per heavy atom. The van der Waals surface area contributed by atoms with E-state index in [0.29, 0.717) is 37.9 Å². The molecule has 1 aliphatic rings. The van der Waals surface area contributed by atoms with Gasteiger partial charge < -0.3 is 15.5 Å². The molecule has 2 N–H and O–H groups in total. The first-order chi connectivity index (χ1) is 14.9. The van der Waals surface area contributed by atoms with Crippen LogP contribution in [-0.4, -0.2) is 41.8 Å². The molecule has 3 amide bonds. The molecule has 0 aromatic heterocycles. The number of benzene rings is 2. The number of nitrogens with one attached hydrogen (secondary N) is 2. The molecule has 1 atom stereocenters. The number of rotatable bonds is 7. The topological polar surface area (TPSA) is 78.5 Å². The molecular formula is C25H31N3O3. The fourth-order valence-electron chi connectivity index (χ4n) is 3.81. The van der Waals surface area contributed by atoms with Gasteiger partial charge >= 0.3 is 0 Å². The molecular weight excluding hydrogens is 390 g/mol. The van der Waals surface area contributed by atoms with Crippen LogP contribution in [0, 0.1) is 5.92 Å². The molecule has 1 fully saturated rings. The maximum absolute atomic E-state index is 13.1. The van der Waals surface area contributed by atoms with Gasteiger partial charge in [-0.05, 0) is 36.5 Å². The number of nitrogens with zero attached hydrogens (tertiary/aromatic N) is 1. The molecule has 1 aliphatic heterocycles. The van der Waals surface area contributed by atoms with Crippen LogP contribution in [0.2, 0.25) is 0 Å². The lowest BCUT2D eigenvalue weighted by Crippen LogP contribution is -2.49. The van der Waals surface area contributed by atoms with Gasteiger partial charge in [-0.2, -0.15) is 0 Å². The maximum atomic E-state index is 13.1. The summed E-state index contributed by atoms with van der Waals surface area (Å²) in [4.78, 5) is 39.9. The van der Waals surface area contributed by atoms with E-state index < -0.39 is 6.04 Å². The Morgan fingerprint density at radius 1 is 0.935 bits per heavy atom. The smallest absolute Gasteiger partial charge is 0.253 e. The van der Waals surface area contributed by atoms with Gasteiger partial charge in [-0.3, -0.25) is 14.4 Å². The van der Waals surface area contributed by atoms with Crippen molar-refractivity contribution in [3.63, 3.8) is 0 Å². The SMILES string of the molecule is CC(C)CC(=O)NC(C(=O)NC1CCN(C(=O)c2ccccc2)CC1)c1ccccc1. The minimum atomic E-state index is -0.726. The number of amides is 3. The Morgan fingerprint density at radius 3 is 2.10 bits per heavy atom. The number of piperidine rings is 1. The van der Waals surface area contributed by atoms with Gasteiger partial charge in [-0.15, -0.1) is 0 Å². The second-order valence-electron chi connectivity index (χ2n) is 8.45. The van der Waals surface area contributed by atoms with E-state index in [2.05, 4.69) is 10.6 Å². The minimum Gasteiger partial charge on any atom is -0.351 e. The normalized spacial score (nSPS) is 15.4. The highest BCUT2D eigenvalue weighted by atomic mass is 16.2. The van der Waals surface area contributed by atoms with Gasteiger partial charge in [0.05, 0.1) is 0 Å². The number of likely N-dealkylation sites (tertiary alicyclic amines) is 1. The Kier molecular flexibility index (Phi) is 7.82. The molecule has 0 aliphatic carbocycles. The summed E-state index contributed by atoms with van der Waals surface area (Å²) < 4.78 is 0. The fraction of sp³-hybridized carbons (Fsp3) is 0.400. The van der Waals surface area contributed by atoms with E-state index in [0.717, 1.165) is 5.56 Å². The summed E-state index contributed by atoms with van der Waals surface area (Å²) in [6.07, 6.45) is 1.74. The number of hydrogen-bond donors (Lipinski definition) is 2. The van der Waals surface area contributed by atoms with Crippen LogP contribution < -0.4 is 10.6 Å². The Hall–Kier alpha value is -3.15. The van der Waals surface area contributed by atoms with Crippen LogP contribution in [0.15, 0.2) is 60.7 Å². The zero-order chi connectivity index (χ0) is 22.2. The van der Waals surface area contributed by atoms with Crippen LogP contribution in [0.1, 0.15) is 55.1 Å². The third kappa shape index (κ3) is 6.41. The Bertz CT molecular complexity index is 875. The predicted octanol–water partition coefficient (Wildman–Crippen LogP) is 3.31. The predicted molar refractivity (Wildman–Crippen MR) is 120 cm³/mol.